The van der Waals surface area contributed by atoms with Crippen LogP contribution in [0.3, 0.4) is 0 Å². The van der Waals surface area contributed by atoms with Gasteiger partial charge in [-0.25, -0.2) is 9.18 Å². The van der Waals surface area contributed by atoms with Gasteiger partial charge in [-0.2, -0.15) is 0 Å². The highest BCUT2D eigenvalue weighted by Crippen LogP contribution is 2.46. The smallest absolute Gasteiger partial charge is 0.414 e. The van der Waals surface area contributed by atoms with Crippen molar-refractivity contribution in [3.8, 4) is 5.75 Å². The van der Waals surface area contributed by atoms with Crippen LogP contribution in [0.5, 0.6) is 5.75 Å². The van der Waals surface area contributed by atoms with E-state index in [1.54, 1.807) is 41.3 Å². The fourth-order valence-electron chi connectivity index (χ4n) is 4.58. The number of benzene rings is 2. The zero-order valence-electron chi connectivity index (χ0n) is 22.3. The predicted octanol–water partition coefficient (Wildman–Crippen LogP) is 1.38. The first-order valence-corrected chi connectivity index (χ1v) is 16.1. The van der Waals surface area contributed by atoms with Gasteiger partial charge in [-0.1, -0.05) is 12.1 Å². The summed E-state index contributed by atoms with van der Waals surface area (Å²) in [6, 6.07) is 10.9. The topological polar surface area (TPSA) is 172 Å². The highest BCUT2D eigenvalue weighted by molar-refractivity contribution is 7.80. The third-order valence-corrected chi connectivity index (χ3v) is 9.92. The summed E-state index contributed by atoms with van der Waals surface area (Å²) in [7, 11) is -5.66. The lowest BCUT2D eigenvalue weighted by Gasteiger charge is -2.36. The zero-order chi connectivity index (χ0) is 30.4. The number of rotatable bonds is 10. The molecule has 17 heteroatoms. The van der Waals surface area contributed by atoms with Crippen LogP contribution >= 0.6 is 28.6 Å². The number of anilines is 2. The molecule has 2 amide bonds. The number of nitrogens with one attached hydrogen (secondary N) is 1. The summed E-state index contributed by atoms with van der Waals surface area (Å²) >= 11 is 5.21. The predicted molar refractivity (Wildman–Crippen MR) is 158 cm³/mol. The Morgan fingerprint density at radius 1 is 1.19 bits per heavy atom. The monoisotopic (exact) mass is 644 g/mol. The Labute approximate surface area is 248 Å². The van der Waals surface area contributed by atoms with E-state index >= 15 is 4.39 Å². The molecule has 0 radical (unpaired) electrons. The molecule has 2 heterocycles. The number of aliphatic hydroxyl groups is 1. The van der Waals surface area contributed by atoms with Crippen molar-refractivity contribution >= 4 is 57.2 Å². The van der Waals surface area contributed by atoms with Gasteiger partial charge in [-0.15, -0.1) is 0 Å². The number of aliphatic hydroxyl groups excluding tert-OH is 1. The second-order valence-corrected chi connectivity index (χ2v) is 13.1. The summed E-state index contributed by atoms with van der Waals surface area (Å²) in [5.41, 5.74) is 1.31. The van der Waals surface area contributed by atoms with Gasteiger partial charge in [0, 0.05) is 26.2 Å². The van der Waals surface area contributed by atoms with Gasteiger partial charge in [0.25, 0.3) is 5.17 Å². The molecule has 0 aliphatic carbocycles. The van der Waals surface area contributed by atoms with Gasteiger partial charge in [-0.05, 0) is 54.5 Å². The molecular formula is C25H31FN4O9P2S. The van der Waals surface area contributed by atoms with Gasteiger partial charge in [0.1, 0.15) is 29.7 Å². The molecule has 5 N–H and O–H groups in total. The third kappa shape index (κ3) is 8.13. The number of amides is 2. The summed E-state index contributed by atoms with van der Waals surface area (Å²) in [6.45, 7) is 1.30. The van der Waals surface area contributed by atoms with Crippen LogP contribution in [0.15, 0.2) is 42.5 Å². The summed E-state index contributed by atoms with van der Waals surface area (Å²) in [6.07, 6.45) is -1.20. The van der Waals surface area contributed by atoms with Crippen molar-refractivity contribution in [2.45, 2.75) is 17.9 Å². The Hall–Kier alpha value is -2.90. The maximum absolute atomic E-state index is 15.0. The van der Waals surface area contributed by atoms with E-state index in [9.17, 15) is 28.8 Å². The van der Waals surface area contributed by atoms with Crippen molar-refractivity contribution in [3.63, 3.8) is 0 Å². The van der Waals surface area contributed by atoms with Crippen LogP contribution in [0.2, 0.25) is 0 Å². The van der Waals surface area contributed by atoms with Gasteiger partial charge in [-0.3, -0.25) is 14.3 Å². The van der Waals surface area contributed by atoms with Crippen LogP contribution in [0, 0.1) is 5.82 Å². The van der Waals surface area contributed by atoms with E-state index in [4.69, 9.17) is 26.8 Å². The lowest BCUT2D eigenvalue weighted by atomic mass is 10.2. The summed E-state index contributed by atoms with van der Waals surface area (Å²) < 4.78 is 37.3. The average Bonchev–Trinajstić information content (AvgIpc) is 3.35. The summed E-state index contributed by atoms with van der Waals surface area (Å²) in [5, 5.41) is 10.8. The highest BCUT2D eigenvalue weighted by Gasteiger charge is 2.33. The molecular weight excluding hydrogens is 613 g/mol. The largest absolute Gasteiger partial charge is 0.442 e. The number of nitrogens with zero attached hydrogens (tertiary/aromatic N) is 3. The van der Waals surface area contributed by atoms with Gasteiger partial charge >= 0.3 is 6.09 Å². The van der Waals surface area contributed by atoms with E-state index in [1.807, 2.05) is 0 Å². The van der Waals surface area contributed by atoms with Gasteiger partial charge < -0.3 is 44.4 Å². The first kappa shape index (κ1) is 32.0. The molecule has 0 aromatic heterocycles. The normalized spacial score (nSPS) is 18.6. The van der Waals surface area contributed by atoms with E-state index in [1.165, 1.54) is 15.9 Å². The second-order valence-electron chi connectivity index (χ2n) is 9.57. The second kappa shape index (κ2) is 14.5. The minimum atomic E-state index is -3.11. The first-order valence-electron chi connectivity index (χ1n) is 12.9. The number of carbonyl (C=O) groups is 2. The molecule has 2 fully saturated rings. The highest BCUT2D eigenvalue weighted by atomic mass is 32.1. The molecule has 2 aliphatic rings. The molecule has 13 nitrogen and oxygen atoms in total. The minimum absolute atomic E-state index is 0.0148. The van der Waals surface area contributed by atoms with Crippen LogP contribution < -0.4 is 19.9 Å². The molecule has 2 aromatic carbocycles. The zero-order valence-corrected chi connectivity index (χ0v) is 25.0. The van der Waals surface area contributed by atoms with E-state index in [0.717, 1.165) is 0 Å². The van der Waals surface area contributed by atoms with Gasteiger partial charge in [0.15, 0.2) is 8.38 Å². The molecule has 0 spiro atoms. The molecule has 0 saturated carbocycles. The molecule has 228 valence electrons. The number of piperazine rings is 1. The van der Waals surface area contributed by atoms with Crippen molar-refractivity contribution in [1.82, 2.24) is 10.2 Å². The maximum atomic E-state index is 15.0. The number of carbonyl (C=O) groups excluding carboxylic acids is 2. The first-order chi connectivity index (χ1) is 20.0. The Bertz CT molecular complexity index is 1320. The van der Waals surface area contributed by atoms with Crippen molar-refractivity contribution < 1.29 is 47.8 Å². The maximum Gasteiger partial charge on any atom is 0.414 e. The van der Waals surface area contributed by atoms with Crippen molar-refractivity contribution in [1.29, 1.82) is 0 Å². The number of cyclic esters (lactones) is 1. The van der Waals surface area contributed by atoms with Crippen molar-refractivity contribution in [3.05, 3.63) is 53.8 Å². The molecule has 2 aromatic rings. The van der Waals surface area contributed by atoms with Crippen LogP contribution in [0.25, 0.3) is 0 Å². The number of ether oxygens (including phenoxy) is 2. The van der Waals surface area contributed by atoms with Gasteiger partial charge in [0.05, 0.1) is 24.5 Å². The number of thiocarbonyl (C=S) groups is 1. The van der Waals surface area contributed by atoms with Crippen molar-refractivity contribution in [2.24, 2.45) is 0 Å². The lowest BCUT2D eigenvalue weighted by Crippen LogP contribution is -2.49. The summed E-state index contributed by atoms with van der Waals surface area (Å²) in [5.74, 6) is -0.499. The molecule has 2 unspecified atom stereocenters. The van der Waals surface area contributed by atoms with Gasteiger partial charge in [0.2, 0.25) is 13.9 Å². The molecule has 2 aliphatic heterocycles. The third-order valence-electron chi connectivity index (χ3n) is 6.83. The Morgan fingerprint density at radius 2 is 1.88 bits per heavy atom. The number of halogens is 1. The lowest BCUT2D eigenvalue weighted by molar-refractivity contribution is -0.134. The Balaban J connectivity index is 1.26. The van der Waals surface area contributed by atoms with Crippen LogP contribution in [-0.4, -0.2) is 99.2 Å². The van der Waals surface area contributed by atoms with Crippen LogP contribution in [-0.2, 0) is 20.5 Å². The number of hydrogen-bond donors (Lipinski definition) is 5. The standard InChI is InChI=1S/C25H31FN4O9P2S/c26-20-12-17(3-6-21(20)28-7-9-29(10-8-28)22(32)15-31)30-14-19(39-25(30)33)13-27-24(42)38-18-4-1-16(2-5-18)11-23(40(34)35)41(36)37/h1-6,12,19,23,31,34-35,41H,7-11,13-15H2,(H,27,42)(H,36,37)/t19-,23?/m0/s1. The minimum Gasteiger partial charge on any atom is -0.442 e. The van der Waals surface area contributed by atoms with E-state index < -0.39 is 46.4 Å². The fourth-order valence-corrected chi connectivity index (χ4v) is 6.33. The molecule has 3 atom stereocenters. The summed E-state index contributed by atoms with van der Waals surface area (Å²) in [4.78, 5) is 56.8. The Kier molecular flexibility index (Phi) is 11.1. The van der Waals surface area contributed by atoms with Crippen molar-refractivity contribution in [2.75, 3.05) is 55.7 Å². The van der Waals surface area contributed by atoms with Crippen LogP contribution in [0.4, 0.5) is 20.6 Å². The van der Waals surface area contributed by atoms with E-state index in [2.05, 4.69) is 5.32 Å². The number of hydrogen-bond acceptors (Lipinski definition) is 10. The van der Waals surface area contributed by atoms with E-state index in [0.29, 0.717) is 48.9 Å². The fraction of sp³-hybridized carbons (Fsp3) is 0.400. The van der Waals surface area contributed by atoms with Crippen LogP contribution in [0.1, 0.15) is 5.56 Å². The Morgan fingerprint density at radius 3 is 2.48 bits per heavy atom. The molecule has 0 bridgehead atoms. The molecule has 2 saturated heterocycles. The average molecular weight is 645 g/mol. The quantitative estimate of drug-likeness (QED) is 0.186. The van der Waals surface area contributed by atoms with E-state index in [-0.39, 0.29) is 30.6 Å². The molecule has 4 rings (SSSR count). The molecule has 42 heavy (non-hydrogen) atoms. The SMILES string of the molecule is O=C(CO)N1CCN(c2ccc(N3C[C@H](CNC(=S)Oc4ccc(CC(P(O)O)[PH](=O)O)cc4)OC3=O)cc2F)CC1.